The summed E-state index contributed by atoms with van der Waals surface area (Å²) in [5, 5.41) is 3.17. The molecular formula is C29H30FIN2O3. The van der Waals surface area contributed by atoms with Gasteiger partial charge in [-0.1, -0.05) is 55.3 Å². The highest BCUT2D eigenvalue weighted by Crippen LogP contribution is 2.21. The number of halogens is 2. The number of hydrogen-bond donors (Lipinski definition) is 1. The molecule has 3 aromatic rings. The first-order valence-electron chi connectivity index (χ1n) is 12.2. The number of carbonyl (C=O) groups is 2. The standard InChI is InChI=1S/C29H30FIN2O3/c30-23-12-10-22(11-13-23)19-33(28(34)20-36-26-16-14-24(31)15-17-26)27(18-21-6-2-1-3-7-21)29(35)32-25-8-4-5-9-25/h1-3,6-7,10-17,25,27H,4-5,8-9,18-20H2,(H,32,35)/t27-/m0/s1. The van der Waals surface area contributed by atoms with E-state index in [0.29, 0.717) is 12.2 Å². The summed E-state index contributed by atoms with van der Waals surface area (Å²) in [5.74, 6) is -0.241. The molecule has 188 valence electrons. The van der Waals surface area contributed by atoms with Gasteiger partial charge in [-0.3, -0.25) is 9.59 Å². The lowest BCUT2D eigenvalue weighted by molar-refractivity contribution is -0.143. The van der Waals surface area contributed by atoms with Gasteiger partial charge < -0.3 is 15.0 Å². The molecule has 0 heterocycles. The van der Waals surface area contributed by atoms with Crippen LogP contribution in [0.25, 0.3) is 0 Å². The monoisotopic (exact) mass is 600 g/mol. The topological polar surface area (TPSA) is 58.6 Å². The van der Waals surface area contributed by atoms with E-state index in [2.05, 4.69) is 27.9 Å². The number of ether oxygens (including phenoxy) is 1. The van der Waals surface area contributed by atoms with Crippen molar-refractivity contribution in [2.24, 2.45) is 0 Å². The molecule has 36 heavy (non-hydrogen) atoms. The maximum absolute atomic E-state index is 13.6. The number of nitrogens with one attached hydrogen (secondary N) is 1. The highest BCUT2D eigenvalue weighted by atomic mass is 127. The Balaban J connectivity index is 1.59. The zero-order valence-electron chi connectivity index (χ0n) is 20.0. The summed E-state index contributed by atoms with van der Waals surface area (Å²) >= 11 is 2.21. The lowest BCUT2D eigenvalue weighted by Gasteiger charge is -2.32. The van der Waals surface area contributed by atoms with E-state index in [0.717, 1.165) is 40.4 Å². The molecule has 3 aromatic carbocycles. The van der Waals surface area contributed by atoms with E-state index in [-0.39, 0.29) is 36.8 Å². The number of rotatable bonds is 10. The summed E-state index contributed by atoms with van der Waals surface area (Å²) in [6.07, 6.45) is 4.46. The van der Waals surface area contributed by atoms with Gasteiger partial charge in [0.15, 0.2) is 6.61 Å². The van der Waals surface area contributed by atoms with Crippen LogP contribution in [0.3, 0.4) is 0 Å². The summed E-state index contributed by atoms with van der Waals surface area (Å²) < 4.78 is 20.4. The van der Waals surface area contributed by atoms with Gasteiger partial charge >= 0.3 is 0 Å². The zero-order valence-corrected chi connectivity index (χ0v) is 22.2. The number of benzene rings is 3. The Hall–Kier alpha value is -2.94. The lowest BCUT2D eigenvalue weighted by Crippen LogP contribution is -2.53. The van der Waals surface area contributed by atoms with Crippen molar-refractivity contribution in [2.45, 2.75) is 50.7 Å². The molecule has 1 N–H and O–H groups in total. The summed E-state index contributed by atoms with van der Waals surface area (Å²) in [4.78, 5) is 28.7. The molecule has 1 saturated carbocycles. The molecule has 0 aliphatic heterocycles. The van der Waals surface area contributed by atoms with Gasteiger partial charge in [0.05, 0.1) is 0 Å². The van der Waals surface area contributed by atoms with Crippen molar-refractivity contribution in [3.63, 3.8) is 0 Å². The molecule has 1 aliphatic rings. The van der Waals surface area contributed by atoms with Gasteiger partial charge in [-0.2, -0.15) is 0 Å². The Morgan fingerprint density at radius 1 is 0.944 bits per heavy atom. The molecule has 5 nitrogen and oxygen atoms in total. The van der Waals surface area contributed by atoms with Crippen molar-refractivity contribution in [3.05, 3.63) is 99.4 Å². The maximum atomic E-state index is 13.6. The highest BCUT2D eigenvalue weighted by molar-refractivity contribution is 14.1. The third-order valence-electron chi connectivity index (χ3n) is 6.41. The van der Waals surface area contributed by atoms with Gasteiger partial charge in [-0.05, 0) is 83.0 Å². The van der Waals surface area contributed by atoms with Crippen LogP contribution < -0.4 is 10.1 Å². The van der Waals surface area contributed by atoms with E-state index in [1.807, 2.05) is 54.6 Å². The smallest absolute Gasteiger partial charge is 0.261 e. The fraction of sp³-hybridized carbons (Fsp3) is 0.310. The summed E-state index contributed by atoms with van der Waals surface area (Å²) in [7, 11) is 0. The second kappa shape index (κ2) is 12.9. The first-order chi connectivity index (χ1) is 17.5. The van der Waals surface area contributed by atoms with Crippen molar-refractivity contribution in [3.8, 4) is 5.75 Å². The van der Waals surface area contributed by atoms with Crippen LogP contribution in [0.5, 0.6) is 5.75 Å². The molecule has 0 bridgehead atoms. The molecule has 0 saturated heterocycles. The molecule has 0 spiro atoms. The number of nitrogens with zero attached hydrogens (tertiary/aromatic N) is 1. The van der Waals surface area contributed by atoms with Crippen LogP contribution in [0.2, 0.25) is 0 Å². The predicted molar refractivity (Wildman–Crippen MR) is 146 cm³/mol. The van der Waals surface area contributed by atoms with Crippen LogP contribution >= 0.6 is 22.6 Å². The van der Waals surface area contributed by atoms with Gasteiger partial charge in [-0.15, -0.1) is 0 Å². The minimum absolute atomic E-state index is 0.126. The van der Waals surface area contributed by atoms with E-state index >= 15 is 0 Å². The van der Waals surface area contributed by atoms with Crippen LogP contribution in [0.15, 0.2) is 78.9 Å². The summed E-state index contributed by atoms with van der Waals surface area (Å²) in [5.41, 5.74) is 1.70. The Kier molecular flexibility index (Phi) is 9.33. The van der Waals surface area contributed by atoms with Crippen LogP contribution in [0, 0.1) is 9.39 Å². The van der Waals surface area contributed by atoms with E-state index in [1.54, 1.807) is 17.0 Å². The average molecular weight is 600 g/mol. The Morgan fingerprint density at radius 3 is 2.28 bits per heavy atom. The third-order valence-corrected chi connectivity index (χ3v) is 7.13. The first kappa shape index (κ1) is 26.1. The van der Waals surface area contributed by atoms with Crippen LogP contribution in [0.4, 0.5) is 4.39 Å². The van der Waals surface area contributed by atoms with Gasteiger partial charge in [0, 0.05) is 22.6 Å². The molecule has 7 heteroatoms. The van der Waals surface area contributed by atoms with Crippen molar-refractivity contribution >= 4 is 34.4 Å². The van der Waals surface area contributed by atoms with Gasteiger partial charge in [-0.25, -0.2) is 4.39 Å². The fourth-order valence-corrected chi connectivity index (χ4v) is 4.83. The molecule has 0 radical (unpaired) electrons. The molecule has 4 rings (SSSR count). The molecule has 0 aromatic heterocycles. The first-order valence-corrected chi connectivity index (χ1v) is 13.3. The van der Waals surface area contributed by atoms with Gasteiger partial charge in [0.1, 0.15) is 17.6 Å². The van der Waals surface area contributed by atoms with E-state index in [4.69, 9.17) is 4.74 Å². The van der Waals surface area contributed by atoms with Crippen molar-refractivity contribution in [1.82, 2.24) is 10.2 Å². The molecule has 1 atom stereocenters. The molecule has 1 fully saturated rings. The van der Waals surface area contributed by atoms with Crippen LogP contribution in [-0.4, -0.2) is 35.4 Å². The van der Waals surface area contributed by atoms with E-state index in [9.17, 15) is 14.0 Å². The normalized spacial score (nSPS) is 14.3. The molecule has 0 unspecified atom stereocenters. The van der Waals surface area contributed by atoms with Gasteiger partial charge in [0.25, 0.3) is 5.91 Å². The third kappa shape index (κ3) is 7.53. The Labute approximate surface area is 225 Å². The predicted octanol–water partition coefficient (Wildman–Crippen LogP) is 5.51. The van der Waals surface area contributed by atoms with Crippen molar-refractivity contribution < 1.29 is 18.7 Å². The minimum atomic E-state index is -0.731. The number of amides is 2. The second-order valence-corrected chi connectivity index (χ2v) is 10.3. The SMILES string of the molecule is O=C(NC1CCCC1)[C@H](Cc1ccccc1)N(Cc1ccc(F)cc1)C(=O)COc1ccc(I)cc1. The lowest BCUT2D eigenvalue weighted by atomic mass is 10.0. The number of hydrogen-bond acceptors (Lipinski definition) is 3. The Bertz CT molecular complexity index is 1130. The molecule has 2 amide bonds. The molecule has 1 aliphatic carbocycles. The Morgan fingerprint density at radius 2 is 1.61 bits per heavy atom. The van der Waals surface area contributed by atoms with Gasteiger partial charge in [0.2, 0.25) is 5.91 Å². The van der Waals surface area contributed by atoms with Crippen LogP contribution in [-0.2, 0) is 22.6 Å². The zero-order chi connectivity index (χ0) is 25.3. The summed E-state index contributed by atoms with van der Waals surface area (Å²) in [6, 6.07) is 22.5. The molecular weight excluding hydrogens is 570 g/mol. The quantitative estimate of drug-likeness (QED) is 0.313. The maximum Gasteiger partial charge on any atom is 0.261 e. The van der Waals surface area contributed by atoms with E-state index in [1.165, 1.54) is 12.1 Å². The second-order valence-electron chi connectivity index (χ2n) is 9.09. The minimum Gasteiger partial charge on any atom is -0.484 e. The summed E-state index contributed by atoms with van der Waals surface area (Å²) in [6.45, 7) is -0.0332. The number of carbonyl (C=O) groups excluding carboxylic acids is 2. The largest absolute Gasteiger partial charge is 0.484 e. The highest BCUT2D eigenvalue weighted by Gasteiger charge is 2.32. The fourth-order valence-electron chi connectivity index (χ4n) is 4.47. The van der Waals surface area contributed by atoms with E-state index < -0.39 is 6.04 Å². The van der Waals surface area contributed by atoms with Crippen LogP contribution in [0.1, 0.15) is 36.8 Å². The van der Waals surface area contributed by atoms with Crippen molar-refractivity contribution in [2.75, 3.05) is 6.61 Å². The average Bonchev–Trinajstić information content (AvgIpc) is 3.40. The van der Waals surface area contributed by atoms with Crippen molar-refractivity contribution in [1.29, 1.82) is 0 Å².